The maximum atomic E-state index is 12.3. The number of nitrogens with one attached hydrogen (secondary N) is 1. The SMILES string of the molecule is Cc1ccc2c3c1O[C@H]1C[C@@H](OC(=O)Nc4ccccc4)C=C[C@@]31CCN(C)C2. The first-order valence-electron chi connectivity index (χ1n) is 10.3. The van der Waals surface area contributed by atoms with Crippen LogP contribution in [0.25, 0.3) is 0 Å². The zero-order chi connectivity index (χ0) is 20.0. The molecule has 2 aromatic carbocycles. The van der Waals surface area contributed by atoms with Gasteiger partial charge in [-0.15, -0.1) is 0 Å². The average molecular weight is 390 g/mol. The predicted octanol–water partition coefficient (Wildman–Crippen LogP) is 4.41. The number of carbonyl (C=O) groups excluding carboxylic acids is 1. The van der Waals surface area contributed by atoms with Gasteiger partial charge in [0.2, 0.25) is 0 Å². The van der Waals surface area contributed by atoms with Crippen molar-refractivity contribution in [2.75, 3.05) is 18.9 Å². The average Bonchev–Trinajstić information content (AvgIpc) is 2.97. The summed E-state index contributed by atoms with van der Waals surface area (Å²) in [7, 11) is 2.17. The number of amides is 1. The fraction of sp³-hybridized carbons (Fsp3) is 0.375. The first-order chi connectivity index (χ1) is 14.0. The van der Waals surface area contributed by atoms with Crippen molar-refractivity contribution in [2.45, 2.75) is 43.9 Å². The molecular weight excluding hydrogens is 364 g/mol. The summed E-state index contributed by atoms with van der Waals surface area (Å²) in [4.78, 5) is 14.7. The number of para-hydroxylation sites is 1. The number of ether oxygens (including phenoxy) is 2. The minimum Gasteiger partial charge on any atom is -0.488 e. The van der Waals surface area contributed by atoms with Gasteiger partial charge in [-0.1, -0.05) is 36.4 Å². The molecule has 0 saturated carbocycles. The lowest BCUT2D eigenvalue weighted by molar-refractivity contribution is 0.0674. The quantitative estimate of drug-likeness (QED) is 0.772. The molecule has 5 heteroatoms. The van der Waals surface area contributed by atoms with Crippen molar-refractivity contribution < 1.29 is 14.3 Å². The molecule has 5 nitrogen and oxygen atoms in total. The van der Waals surface area contributed by atoms with Crippen LogP contribution in [-0.4, -0.2) is 36.8 Å². The molecule has 0 bridgehead atoms. The summed E-state index contributed by atoms with van der Waals surface area (Å²) in [6, 6.07) is 13.8. The van der Waals surface area contributed by atoms with Gasteiger partial charge in [-0.2, -0.15) is 0 Å². The Balaban J connectivity index is 1.40. The number of aryl methyl sites for hydroxylation is 1. The van der Waals surface area contributed by atoms with Crippen LogP contribution in [0.5, 0.6) is 5.75 Å². The van der Waals surface area contributed by atoms with Crippen molar-refractivity contribution in [1.82, 2.24) is 4.90 Å². The van der Waals surface area contributed by atoms with Crippen LogP contribution < -0.4 is 10.1 Å². The van der Waals surface area contributed by atoms with E-state index >= 15 is 0 Å². The van der Waals surface area contributed by atoms with Gasteiger partial charge >= 0.3 is 6.09 Å². The molecule has 2 aliphatic heterocycles. The zero-order valence-corrected chi connectivity index (χ0v) is 16.9. The smallest absolute Gasteiger partial charge is 0.412 e. The standard InChI is InChI=1S/C24H26N2O3/c1-16-8-9-17-15-26(2)13-12-24-11-10-19(14-20(24)29-22(16)21(17)24)28-23(27)25-18-6-4-3-5-7-18/h3-11,19-20H,12-15H2,1-2H3,(H,25,27)/t19-,20-,24-/m0/s1. The maximum Gasteiger partial charge on any atom is 0.412 e. The summed E-state index contributed by atoms with van der Waals surface area (Å²) >= 11 is 0. The van der Waals surface area contributed by atoms with Crippen LogP contribution >= 0.6 is 0 Å². The Bertz CT molecular complexity index is 972. The molecule has 0 fully saturated rings. The molecule has 150 valence electrons. The van der Waals surface area contributed by atoms with Crippen molar-refractivity contribution in [3.8, 4) is 5.75 Å². The zero-order valence-electron chi connectivity index (χ0n) is 16.9. The molecule has 2 heterocycles. The van der Waals surface area contributed by atoms with Gasteiger partial charge in [0, 0.05) is 24.2 Å². The molecule has 0 aromatic heterocycles. The second kappa shape index (κ2) is 6.92. The van der Waals surface area contributed by atoms with Crippen LogP contribution in [0, 0.1) is 6.92 Å². The number of hydrogen-bond acceptors (Lipinski definition) is 4. The van der Waals surface area contributed by atoms with E-state index < -0.39 is 6.09 Å². The molecular formula is C24H26N2O3. The lowest BCUT2D eigenvalue weighted by Gasteiger charge is -2.36. The van der Waals surface area contributed by atoms with Crippen LogP contribution in [0.1, 0.15) is 29.5 Å². The predicted molar refractivity (Wildman–Crippen MR) is 112 cm³/mol. The highest BCUT2D eigenvalue weighted by molar-refractivity contribution is 5.84. The monoisotopic (exact) mass is 390 g/mol. The van der Waals surface area contributed by atoms with E-state index in [-0.39, 0.29) is 17.6 Å². The fourth-order valence-electron chi connectivity index (χ4n) is 4.96. The van der Waals surface area contributed by atoms with Gasteiger partial charge in [-0.05, 0) is 56.3 Å². The van der Waals surface area contributed by atoms with E-state index in [4.69, 9.17) is 9.47 Å². The van der Waals surface area contributed by atoms with E-state index in [9.17, 15) is 4.79 Å². The van der Waals surface area contributed by atoms with Crippen LogP contribution in [-0.2, 0) is 16.7 Å². The van der Waals surface area contributed by atoms with Crippen LogP contribution in [0.3, 0.4) is 0 Å². The third-order valence-electron chi connectivity index (χ3n) is 6.42. The van der Waals surface area contributed by atoms with Crippen LogP contribution in [0.2, 0.25) is 0 Å². The number of rotatable bonds is 2. The van der Waals surface area contributed by atoms with E-state index in [2.05, 4.69) is 48.5 Å². The molecule has 1 amide bonds. The van der Waals surface area contributed by atoms with Crippen molar-refractivity contribution in [3.05, 3.63) is 71.3 Å². The Morgan fingerprint density at radius 1 is 1.24 bits per heavy atom. The third-order valence-corrected chi connectivity index (χ3v) is 6.42. The molecule has 1 spiro atoms. The summed E-state index contributed by atoms with van der Waals surface area (Å²) in [6.07, 6.45) is 5.23. The number of carbonyl (C=O) groups is 1. The van der Waals surface area contributed by atoms with E-state index in [0.29, 0.717) is 6.42 Å². The highest BCUT2D eigenvalue weighted by atomic mass is 16.6. The lowest BCUT2D eigenvalue weighted by Crippen LogP contribution is -2.44. The molecule has 29 heavy (non-hydrogen) atoms. The summed E-state index contributed by atoms with van der Waals surface area (Å²) < 4.78 is 12.2. The van der Waals surface area contributed by atoms with Gasteiger partial charge in [-0.3, -0.25) is 5.32 Å². The summed E-state index contributed by atoms with van der Waals surface area (Å²) in [6.45, 7) is 4.06. The summed E-state index contributed by atoms with van der Waals surface area (Å²) in [5.74, 6) is 1.03. The second-order valence-electron chi connectivity index (χ2n) is 8.41. The molecule has 0 saturated heterocycles. The Kier molecular flexibility index (Phi) is 4.36. The fourth-order valence-corrected chi connectivity index (χ4v) is 4.96. The van der Waals surface area contributed by atoms with Crippen molar-refractivity contribution in [2.24, 2.45) is 0 Å². The van der Waals surface area contributed by atoms with E-state index in [1.165, 1.54) is 16.7 Å². The molecule has 2 aromatic rings. The third kappa shape index (κ3) is 3.10. The number of hydrogen-bond donors (Lipinski definition) is 1. The normalized spacial score (nSPS) is 27.4. The van der Waals surface area contributed by atoms with Crippen molar-refractivity contribution in [1.29, 1.82) is 0 Å². The first-order valence-corrected chi connectivity index (χ1v) is 10.3. The van der Waals surface area contributed by atoms with Gasteiger partial charge in [0.15, 0.2) is 0 Å². The number of benzene rings is 2. The number of nitrogens with zero attached hydrogens (tertiary/aromatic N) is 1. The Hall–Kier alpha value is -2.79. The van der Waals surface area contributed by atoms with Gasteiger partial charge in [-0.25, -0.2) is 4.79 Å². The topological polar surface area (TPSA) is 50.8 Å². The molecule has 5 rings (SSSR count). The van der Waals surface area contributed by atoms with E-state index in [1.54, 1.807) is 0 Å². The highest BCUT2D eigenvalue weighted by Gasteiger charge is 2.52. The van der Waals surface area contributed by atoms with Crippen molar-refractivity contribution >= 4 is 11.8 Å². The second-order valence-corrected chi connectivity index (χ2v) is 8.41. The minimum atomic E-state index is -0.435. The maximum absolute atomic E-state index is 12.3. The Morgan fingerprint density at radius 3 is 2.90 bits per heavy atom. The molecule has 3 atom stereocenters. The lowest BCUT2D eigenvalue weighted by atomic mass is 9.69. The number of anilines is 1. The minimum absolute atomic E-state index is 0.0108. The van der Waals surface area contributed by atoms with E-state index in [1.807, 2.05) is 30.3 Å². The first kappa shape index (κ1) is 18.3. The molecule has 0 unspecified atom stereocenters. The van der Waals surface area contributed by atoms with Crippen LogP contribution in [0.15, 0.2) is 54.6 Å². The molecule has 1 aliphatic carbocycles. The summed E-state index contributed by atoms with van der Waals surface area (Å²) in [5.41, 5.74) is 4.46. The van der Waals surface area contributed by atoms with Gasteiger partial charge in [0.1, 0.15) is 18.0 Å². The molecule has 0 radical (unpaired) electrons. The summed E-state index contributed by atoms with van der Waals surface area (Å²) in [5, 5.41) is 2.79. The van der Waals surface area contributed by atoms with Gasteiger partial charge in [0.05, 0.1) is 5.41 Å². The van der Waals surface area contributed by atoms with Gasteiger partial charge in [0.25, 0.3) is 0 Å². The van der Waals surface area contributed by atoms with Crippen LogP contribution in [0.4, 0.5) is 10.5 Å². The largest absolute Gasteiger partial charge is 0.488 e. The highest BCUT2D eigenvalue weighted by Crippen LogP contribution is 2.53. The van der Waals surface area contributed by atoms with Crippen molar-refractivity contribution in [3.63, 3.8) is 0 Å². The Morgan fingerprint density at radius 2 is 2.07 bits per heavy atom. The van der Waals surface area contributed by atoms with Gasteiger partial charge < -0.3 is 14.4 Å². The molecule has 3 aliphatic rings. The molecule has 1 N–H and O–H groups in total. The Labute approximate surface area is 171 Å². The van der Waals surface area contributed by atoms with E-state index in [0.717, 1.165) is 30.9 Å².